The molecule has 2 aromatic rings. The van der Waals surface area contributed by atoms with Crippen LogP contribution in [0.2, 0.25) is 0 Å². The quantitative estimate of drug-likeness (QED) is 0.756. The van der Waals surface area contributed by atoms with Gasteiger partial charge in [-0.3, -0.25) is 0 Å². The molecule has 0 fully saturated rings. The SMILES string of the molecule is CCC(CC#N)P(c1ccccc1)c1ccccc1. The molecule has 2 aromatic carbocycles. The molecule has 0 heterocycles. The van der Waals surface area contributed by atoms with Crippen LogP contribution < -0.4 is 10.6 Å². The summed E-state index contributed by atoms with van der Waals surface area (Å²) in [6.45, 7) is 2.18. The Morgan fingerprint density at radius 1 is 0.947 bits per heavy atom. The molecule has 0 aromatic heterocycles. The van der Waals surface area contributed by atoms with Gasteiger partial charge in [-0.05, 0) is 30.6 Å². The summed E-state index contributed by atoms with van der Waals surface area (Å²) >= 11 is 0. The van der Waals surface area contributed by atoms with Crippen LogP contribution in [-0.2, 0) is 0 Å². The summed E-state index contributed by atoms with van der Waals surface area (Å²) in [4.78, 5) is 0. The third-order valence-electron chi connectivity index (χ3n) is 3.23. The van der Waals surface area contributed by atoms with Gasteiger partial charge in [0.1, 0.15) is 0 Å². The molecule has 0 amide bonds. The molecule has 0 saturated heterocycles. The highest BCUT2D eigenvalue weighted by Crippen LogP contribution is 2.42. The van der Waals surface area contributed by atoms with Gasteiger partial charge in [-0.15, -0.1) is 0 Å². The second kappa shape index (κ2) is 7.07. The summed E-state index contributed by atoms with van der Waals surface area (Å²) in [5.41, 5.74) is 0.435. The minimum atomic E-state index is -0.443. The third-order valence-corrected chi connectivity index (χ3v) is 6.22. The van der Waals surface area contributed by atoms with Crippen LogP contribution in [0.5, 0.6) is 0 Å². The zero-order valence-electron chi connectivity index (χ0n) is 11.2. The van der Waals surface area contributed by atoms with Gasteiger partial charge in [0.05, 0.1) is 6.07 Å². The number of hydrogen-bond donors (Lipinski definition) is 0. The normalized spacial score (nSPS) is 12.1. The second-order valence-electron chi connectivity index (χ2n) is 4.47. The predicted molar refractivity (Wildman–Crippen MR) is 83.4 cm³/mol. The van der Waals surface area contributed by atoms with Crippen LogP contribution in [0.3, 0.4) is 0 Å². The molecular formula is C17H18NP. The molecule has 0 aliphatic rings. The first-order valence-corrected chi connectivity index (χ1v) is 8.04. The predicted octanol–water partition coefficient (Wildman–Crippen LogP) is 3.81. The van der Waals surface area contributed by atoms with Crippen molar-refractivity contribution in [2.24, 2.45) is 0 Å². The number of rotatable bonds is 5. The first-order valence-electron chi connectivity index (χ1n) is 6.63. The summed E-state index contributed by atoms with van der Waals surface area (Å²) < 4.78 is 0. The lowest BCUT2D eigenvalue weighted by atomic mass is 10.3. The molecule has 19 heavy (non-hydrogen) atoms. The van der Waals surface area contributed by atoms with E-state index in [-0.39, 0.29) is 0 Å². The number of nitrogens with zero attached hydrogens (tertiary/aromatic N) is 1. The lowest BCUT2D eigenvalue weighted by Gasteiger charge is -2.26. The molecule has 0 bridgehead atoms. The highest BCUT2D eigenvalue weighted by Gasteiger charge is 2.22. The molecule has 0 aliphatic heterocycles. The fourth-order valence-corrected chi connectivity index (χ4v) is 5.03. The summed E-state index contributed by atoms with van der Waals surface area (Å²) in [7, 11) is -0.443. The molecule has 0 spiro atoms. The maximum Gasteiger partial charge on any atom is 0.0628 e. The average Bonchev–Trinajstić information content (AvgIpc) is 2.49. The molecule has 0 aliphatic carbocycles. The van der Waals surface area contributed by atoms with Gasteiger partial charge in [0.15, 0.2) is 0 Å². The van der Waals surface area contributed by atoms with E-state index in [1.54, 1.807) is 0 Å². The number of hydrogen-bond acceptors (Lipinski definition) is 1. The van der Waals surface area contributed by atoms with Gasteiger partial charge in [-0.1, -0.05) is 67.6 Å². The van der Waals surface area contributed by atoms with E-state index in [2.05, 4.69) is 61.5 Å². The lowest BCUT2D eigenvalue weighted by Crippen LogP contribution is -2.21. The van der Waals surface area contributed by atoms with Crippen molar-refractivity contribution in [3.63, 3.8) is 0 Å². The Labute approximate surface area is 116 Å². The summed E-state index contributed by atoms with van der Waals surface area (Å²) in [6, 6.07) is 23.6. The Morgan fingerprint density at radius 3 is 1.79 bits per heavy atom. The van der Waals surface area contributed by atoms with Crippen molar-refractivity contribution in [1.29, 1.82) is 5.26 Å². The van der Waals surface area contributed by atoms with Crippen LogP contribution in [0.15, 0.2) is 60.7 Å². The molecule has 1 unspecified atom stereocenters. The Morgan fingerprint density at radius 2 is 1.42 bits per heavy atom. The van der Waals surface area contributed by atoms with Gasteiger partial charge in [-0.25, -0.2) is 0 Å². The summed E-state index contributed by atoms with van der Waals surface area (Å²) in [5.74, 6) is 0. The van der Waals surface area contributed by atoms with Crippen LogP contribution in [-0.4, -0.2) is 5.66 Å². The van der Waals surface area contributed by atoms with E-state index < -0.39 is 7.92 Å². The zero-order chi connectivity index (χ0) is 13.5. The van der Waals surface area contributed by atoms with E-state index in [0.717, 1.165) is 6.42 Å². The topological polar surface area (TPSA) is 23.8 Å². The van der Waals surface area contributed by atoms with Crippen molar-refractivity contribution in [2.75, 3.05) is 0 Å². The van der Waals surface area contributed by atoms with Crippen molar-refractivity contribution >= 4 is 18.5 Å². The molecule has 0 N–H and O–H groups in total. The first kappa shape index (κ1) is 13.8. The van der Waals surface area contributed by atoms with Crippen molar-refractivity contribution in [1.82, 2.24) is 0 Å². The van der Waals surface area contributed by atoms with Crippen LogP contribution >= 0.6 is 7.92 Å². The minimum Gasteiger partial charge on any atom is -0.198 e. The molecule has 0 radical (unpaired) electrons. The smallest absolute Gasteiger partial charge is 0.0628 e. The Balaban J connectivity index is 2.42. The van der Waals surface area contributed by atoms with Gasteiger partial charge in [0.25, 0.3) is 0 Å². The molecule has 2 rings (SSSR count). The maximum absolute atomic E-state index is 9.07. The molecule has 96 valence electrons. The van der Waals surface area contributed by atoms with E-state index in [0.29, 0.717) is 12.1 Å². The van der Waals surface area contributed by atoms with Crippen molar-refractivity contribution < 1.29 is 0 Å². The van der Waals surface area contributed by atoms with Crippen LogP contribution in [0.4, 0.5) is 0 Å². The van der Waals surface area contributed by atoms with E-state index in [9.17, 15) is 0 Å². The van der Waals surface area contributed by atoms with E-state index in [1.807, 2.05) is 12.1 Å². The zero-order valence-corrected chi connectivity index (χ0v) is 12.1. The van der Waals surface area contributed by atoms with E-state index in [1.165, 1.54) is 10.6 Å². The first-order chi connectivity index (χ1) is 9.36. The Kier molecular flexibility index (Phi) is 5.13. The summed E-state index contributed by atoms with van der Waals surface area (Å²) in [6.07, 6.45) is 1.68. The van der Waals surface area contributed by atoms with Gasteiger partial charge >= 0.3 is 0 Å². The van der Waals surface area contributed by atoms with Crippen molar-refractivity contribution in [3.8, 4) is 6.07 Å². The van der Waals surface area contributed by atoms with Crippen molar-refractivity contribution in [2.45, 2.75) is 25.4 Å². The van der Waals surface area contributed by atoms with Crippen molar-refractivity contribution in [3.05, 3.63) is 60.7 Å². The fourth-order valence-electron chi connectivity index (χ4n) is 2.27. The van der Waals surface area contributed by atoms with Gasteiger partial charge in [0, 0.05) is 6.42 Å². The highest BCUT2D eigenvalue weighted by atomic mass is 31.1. The molecule has 1 atom stereocenters. The maximum atomic E-state index is 9.07. The minimum absolute atomic E-state index is 0.435. The van der Waals surface area contributed by atoms with Gasteiger partial charge < -0.3 is 0 Å². The Bertz CT molecular complexity index is 491. The van der Waals surface area contributed by atoms with Crippen LogP contribution in [0.1, 0.15) is 19.8 Å². The highest BCUT2D eigenvalue weighted by molar-refractivity contribution is 7.73. The fraction of sp³-hybridized carbons (Fsp3) is 0.235. The number of nitriles is 1. The van der Waals surface area contributed by atoms with Gasteiger partial charge in [0.2, 0.25) is 0 Å². The monoisotopic (exact) mass is 267 g/mol. The van der Waals surface area contributed by atoms with Gasteiger partial charge in [-0.2, -0.15) is 5.26 Å². The summed E-state index contributed by atoms with van der Waals surface area (Å²) in [5, 5.41) is 11.8. The molecular weight excluding hydrogens is 249 g/mol. The van der Waals surface area contributed by atoms with Crippen LogP contribution in [0.25, 0.3) is 0 Å². The molecule has 1 nitrogen and oxygen atoms in total. The van der Waals surface area contributed by atoms with E-state index >= 15 is 0 Å². The molecule has 0 saturated carbocycles. The largest absolute Gasteiger partial charge is 0.198 e. The standard InChI is InChI=1S/C17H18NP/c1-2-15(13-14-18)19(16-9-5-3-6-10-16)17-11-7-4-8-12-17/h3-12,15H,2,13H2,1H3. The lowest BCUT2D eigenvalue weighted by molar-refractivity contribution is 0.836. The third kappa shape index (κ3) is 3.43. The van der Waals surface area contributed by atoms with Crippen LogP contribution in [0, 0.1) is 11.3 Å². The molecule has 2 heteroatoms. The van der Waals surface area contributed by atoms with E-state index in [4.69, 9.17) is 5.26 Å². The number of benzene rings is 2. The average molecular weight is 267 g/mol. The Hall–Kier alpha value is -1.64. The second-order valence-corrected chi connectivity index (χ2v) is 6.97.